The van der Waals surface area contributed by atoms with Crippen molar-refractivity contribution in [2.75, 3.05) is 57.3 Å². The first-order chi connectivity index (χ1) is 18.0. The zero-order valence-corrected chi connectivity index (χ0v) is 21.3. The van der Waals surface area contributed by atoms with Crippen molar-refractivity contribution < 1.29 is 19.4 Å². The molecular formula is C29H36N4O4. The van der Waals surface area contributed by atoms with Gasteiger partial charge in [0.25, 0.3) is 5.91 Å². The fourth-order valence-corrected chi connectivity index (χ4v) is 6.21. The lowest BCUT2D eigenvalue weighted by atomic mass is 9.79. The maximum atomic E-state index is 13.7. The van der Waals surface area contributed by atoms with E-state index < -0.39 is 6.10 Å². The summed E-state index contributed by atoms with van der Waals surface area (Å²) in [5, 5.41) is 11.1. The first-order valence-corrected chi connectivity index (χ1v) is 13.6. The number of carbonyl (C=O) groups excluding carboxylic acids is 2. The molecular weight excluding hydrogens is 468 g/mol. The van der Waals surface area contributed by atoms with Crippen LogP contribution in [-0.2, 0) is 17.8 Å². The quantitative estimate of drug-likeness (QED) is 0.608. The maximum Gasteiger partial charge on any atom is 0.257 e. The van der Waals surface area contributed by atoms with Gasteiger partial charge in [-0.15, -0.1) is 0 Å². The number of fused-ring (bicyclic) bond motifs is 2. The molecule has 4 aliphatic rings. The second-order valence-corrected chi connectivity index (χ2v) is 11.0. The minimum atomic E-state index is -0.624. The van der Waals surface area contributed by atoms with Crippen molar-refractivity contribution in [2.24, 2.45) is 0 Å². The lowest BCUT2D eigenvalue weighted by Crippen LogP contribution is -2.54. The Morgan fingerprint density at radius 2 is 1.78 bits per heavy atom. The van der Waals surface area contributed by atoms with E-state index in [-0.39, 0.29) is 11.5 Å². The predicted molar refractivity (Wildman–Crippen MR) is 141 cm³/mol. The van der Waals surface area contributed by atoms with E-state index in [1.54, 1.807) is 4.90 Å². The fraction of sp³-hybridized carbons (Fsp3) is 0.517. The number of anilines is 1. The largest absolute Gasteiger partial charge is 0.485 e. The number of carbonyl (C=O) groups is 2. The molecule has 0 radical (unpaired) electrons. The molecule has 8 heteroatoms. The number of β-amino-alcohol motifs (C(OH)–C–C–N with tert-alkyl or cyclic N) is 1. The van der Waals surface area contributed by atoms with Crippen molar-refractivity contribution in [1.29, 1.82) is 0 Å². The molecule has 0 unspecified atom stereocenters. The molecule has 2 amide bonds. The number of hydrogen-bond donors (Lipinski definition) is 1. The number of aliphatic hydroxyl groups is 1. The Hall–Kier alpha value is -3.10. The van der Waals surface area contributed by atoms with E-state index in [0.717, 1.165) is 64.0 Å². The molecule has 1 atom stereocenters. The van der Waals surface area contributed by atoms with Crippen LogP contribution >= 0.6 is 0 Å². The van der Waals surface area contributed by atoms with E-state index in [4.69, 9.17) is 4.74 Å². The number of rotatable bonds is 6. The highest BCUT2D eigenvalue weighted by Gasteiger charge is 2.45. The minimum absolute atomic E-state index is 0.0702. The zero-order valence-electron chi connectivity index (χ0n) is 21.3. The molecule has 3 heterocycles. The number of nitrogens with zero attached hydrogens (tertiary/aromatic N) is 4. The number of benzene rings is 2. The van der Waals surface area contributed by atoms with Crippen LogP contribution in [0.2, 0.25) is 0 Å². The molecule has 3 aliphatic heterocycles. The summed E-state index contributed by atoms with van der Waals surface area (Å²) in [6.45, 7) is 6.01. The first-order valence-electron chi connectivity index (χ1n) is 13.6. The monoisotopic (exact) mass is 504 g/mol. The average Bonchev–Trinajstić information content (AvgIpc) is 3.03. The Kier molecular flexibility index (Phi) is 6.55. The predicted octanol–water partition coefficient (Wildman–Crippen LogP) is 2.14. The van der Waals surface area contributed by atoms with Gasteiger partial charge in [-0.3, -0.25) is 14.5 Å². The number of aliphatic hydroxyl groups excluding tert-OH is 1. The summed E-state index contributed by atoms with van der Waals surface area (Å²) in [6.07, 6.45) is 4.18. The Bertz CT molecular complexity index is 1160. The van der Waals surface area contributed by atoms with E-state index in [2.05, 4.69) is 34.1 Å². The molecule has 2 fully saturated rings. The average molecular weight is 505 g/mol. The van der Waals surface area contributed by atoms with Gasteiger partial charge in [0.05, 0.1) is 18.2 Å². The van der Waals surface area contributed by atoms with Gasteiger partial charge in [-0.2, -0.15) is 0 Å². The molecule has 2 aromatic carbocycles. The molecule has 1 saturated heterocycles. The number of hydrogen-bond acceptors (Lipinski definition) is 6. The van der Waals surface area contributed by atoms with Crippen LogP contribution in [0.15, 0.2) is 42.5 Å². The molecule has 196 valence electrons. The van der Waals surface area contributed by atoms with E-state index >= 15 is 0 Å². The Labute approximate surface area is 218 Å². The van der Waals surface area contributed by atoms with E-state index in [1.807, 2.05) is 23.1 Å². The normalized spacial score (nSPS) is 22.0. The molecule has 8 nitrogen and oxygen atoms in total. The minimum Gasteiger partial charge on any atom is -0.485 e. The molecule has 1 saturated carbocycles. The summed E-state index contributed by atoms with van der Waals surface area (Å²) >= 11 is 0. The smallest absolute Gasteiger partial charge is 0.257 e. The summed E-state index contributed by atoms with van der Waals surface area (Å²) < 4.78 is 6.58. The highest BCUT2D eigenvalue weighted by atomic mass is 16.5. The van der Waals surface area contributed by atoms with Crippen molar-refractivity contribution in [3.8, 4) is 5.75 Å². The molecule has 2 aromatic rings. The van der Waals surface area contributed by atoms with Gasteiger partial charge in [-0.25, -0.2) is 0 Å². The van der Waals surface area contributed by atoms with Gasteiger partial charge in [0.15, 0.2) is 0 Å². The van der Waals surface area contributed by atoms with E-state index in [9.17, 15) is 14.7 Å². The molecule has 1 spiro atoms. The van der Waals surface area contributed by atoms with Crippen LogP contribution in [0.1, 0.15) is 40.7 Å². The van der Waals surface area contributed by atoms with Crippen LogP contribution in [-0.4, -0.2) is 96.2 Å². The van der Waals surface area contributed by atoms with Crippen LogP contribution in [0.3, 0.4) is 0 Å². The van der Waals surface area contributed by atoms with Crippen LogP contribution in [0.25, 0.3) is 0 Å². The van der Waals surface area contributed by atoms with E-state index in [0.29, 0.717) is 44.0 Å². The van der Waals surface area contributed by atoms with Gasteiger partial charge in [0.1, 0.15) is 11.4 Å². The zero-order chi connectivity index (χ0) is 25.4. The lowest BCUT2D eigenvalue weighted by molar-refractivity contribution is -0.118. The maximum absolute atomic E-state index is 13.7. The number of amides is 2. The van der Waals surface area contributed by atoms with Gasteiger partial charge >= 0.3 is 0 Å². The van der Waals surface area contributed by atoms with Crippen LogP contribution in [0.5, 0.6) is 5.75 Å². The van der Waals surface area contributed by atoms with Crippen molar-refractivity contribution in [3.63, 3.8) is 0 Å². The van der Waals surface area contributed by atoms with Gasteiger partial charge in [-0.1, -0.05) is 24.3 Å². The highest BCUT2D eigenvalue weighted by Crippen LogP contribution is 2.42. The van der Waals surface area contributed by atoms with Crippen LogP contribution in [0, 0.1) is 0 Å². The fourth-order valence-electron chi connectivity index (χ4n) is 6.21. The number of piperazine rings is 1. The molecule has 6 rings (SSSR count). The molecule has 1 aliphatic carbocycles. The molecule has 37 heavy (non-hydrogen) atoms. The van der Waals surface area contributed by atoms with Crippen LogP contribution in [0.4, 0.5) is 5.69 Å². The Morgan fingerprint density at radius 1 is 1.00 bits per heavy atom. The third-order valence-electron chi connectivity index (χ3n) is 8.49. The van der Waals surface area contributed by atoms with E-state index in [1.165, 1.54) is 11.1 Å². The van der Waals surface area contributed by atoms with Gasteiger partial charge in [0.2, 0.25) is 6.41 Å². The summed E-state index contributed by atoms with van der Waals surface area (Å²) in [5.41, 5.74) is 3.93. The van der Waals surface area contributed by atoms with Gasteiger partial charge in [0, 0.05) is 64.1 Å². The topological polar surface area (TPSA) is 76.6 Å². The Balaban J connectivity index is 1.16. The van der Waals surface area contributed by atoms with Crippen molar-refractivity contribution >= 4 is 18.0 Å². The van der Waals surface area contributed by atoms with Crippen molar-refractivity contribution in [3.05, 3.63) is 59.2 Å². The van der Waals surface area contributed by atoms with Crippen molar-refractivity contribution in [1.82, 2.24) is 14.7 Å². The molecule has 0 aromatic heterocycles. The number of ether oxygens (including phenoxy) is 1. The second-order valence-electron chi connectivity index (χ2n) is 11.0. The van der Waals surface area contributed by atoms with Gasteiger partial charge < -0.3 is 24.5 Å². The third kappa shape index (κ3) is 4.92. The van der Waals surface area contributed by atoms with Gasteiger partial charge in [-0.05, 0) is 48.9 Å². The van der Waals surface area contributed by atoms with Crippen LogP contribution < -0.4 is 9.64 Å². The summed E-state index contributed by atoms with van der Waals surface area (Å²) in [5.74, 6) is 0.573. The first kappa shape index (κ1) is 24.2. The third-order valence-corrected chi connectivity index (χ3v) is 8.49. The summed E-state index contributed by atoms with van der Waals surface area (Å²) in [7, 11) is 0. The standard InChI is InChI=1S/C29H36N4O4/c34-21-30-12-14-32(15-13-30)24-6-7-26-27(16-24)37-29(9-3-10-29)20-33(28(26)36)19-25(35)18-31-11-8-22-4-1-2-5-23(22)17-31/h1-2,4-7,16,21,25,35H,3,8-15,17-20H2/t25-/m1/s1. The molecule has 1 N–H and O–H groups in total. The summed E-state index contributed by atoms with van der Waals surface area (Å²) in [4.78, 5) is 32.9. The SMILES string of the molecule is O=CN1CCN(c2ccc3c(c2)OC2(CCC2)CN(C[C@H](O)CN2CCc4ccccc4C2)C3=O)CC1. The highest BCUT2D eigenvalue weighted by molar-refractivity contribution is 5.98. The summed E-state index contributed by atoms with van der Waals surface area (Å²) in [6, 6.07) is 14.4. The lowest BCUT2D eigenvalue weighted by Gasteiger charge is -2.43. The Morgan fingerprint density at radius 3 is 2.51 bits per heavy atom. The molecule has 0 bridgehead atoms. The second kappa shape index (κ2) is 9.99. The van der Waals surface area contributed by atoms with Crippen molar-refractivity contribution in [2.45, 2.75) is 43.9 Å².